The Bertz CT molecular complexity index is 698. The van der Waals surface area contributed by atoms with Crippen molar-refractivity contribution in [3.8, 4) is 6.08 Å². The number of ketones is 1. The monoisotopic (exact) mass is 300 g/mol. The summed E-state index contributed by atoms with van der Waals surface area (Å²) >= 11 is 0. The van der Waals surface area contributed by atoms with E-state index in [0.717, 1.165) is 12.8 Å². The lowest BCUT2D eigenvalue weighted by Gasteiger charge is -2.10. The van der Waals surface area contributed by atoms with Crippen LogP contribution in [0.1, 0.15) is 54.5 Å². The van der Waals surface area contributed by atoms with Crippen LogP contribution in [0.2, 0.25) is 0 Å². The third kappa shape index (κ3) is 3.03. The molecule has 0 atom stereocenters. The standard InChI is InChI=1S/C17H20N2O3/c1-17(2,3)15-18-16(22-19-15)21-10-14(20)13-8-7-11-5-4-6-12(11)9-13/h7-9H,4-6,10H2,1-3H3. The van der Waals surface area contributed by atoms with Gasteiger partial charge in [0.15, 0.2) is 18.2 Å². The molecule has 0 bridgehead atoms. The van der Waals surface area contributed by atoms with Crippen molar-refractivity contribution in [2.45, 2.75) is 45.4 Å². The summed E-state index contributed by atoms with van der Waals surface area (Å²) in [5.74, 6) is 0.484. The van der Waals surface area contributed by atoms with Gasteiger partial charge in [-0.05, 0) is 36.5 Å². The minimum Gasteiger partial charge on any atom is -0.440 e. The first-order valence-electron chi connectivity index (χ1n) is 7.55. The minimum absolute atomic E-state index is 0.0411. The van der Waals surface area contributed by atoms with Crippen LogP contribution in [-0.2, 0) is 18.3 Å². The fraction of sp³-hybridized carbons (Fsp3) is 0.471. The van der Waals surface area contributed by atoms with Gasteiger partial charge < -0.3 is 4.74 Å². The molecule has 0 aliphatic heterocycles. The molecule has 0 radical (unpaired) electrons. The zero-order valence-electron chi connectivity index (χ0n) is 13.2. The molecular weight excluding hydrogens is 280 g/mol. The van der Waals surface area contributed by atoms with E-state index in [1.807, 2.05) is 39.0 Å². The molecule has 1 heterocycles. The molecule has 0 fully saturated rings. The van der Waals surface area contributed by atoms with E-state index in [2.05, 4.69) is 10.1 Å². The number of hydrogen-bond donors (Lipinski definition) is 0. The Morgan fingerprint density at radius 1 is 1.27 bits per heavy atom. The fourth-order valence-electron chi connectivity index (χ4n) is 2.53. The molecule has 116 valence electrons. The summed E-state index contributed by atoms with van der Waals surface area (Å²) in [4.78, 5) is 16.4. The van der Waals surface area contributed by atoms with E-state index in [-0.39, 0.29) is 23.9 Å². The molecule has 22 heavy (non-hydrogen) atoms. The quantitative estimate of drug-likeness (QED) is 0.812. The van der Waals surface area contributed by atoms with Gasteiger partial charge >= 0.3 is 6.08 Å². The second kappa shape index (κ2) is 5.55. The van der Waals surface area contributed by atoms with Crippen molar-refractivity contribution in [2.75, 3.05) is 6.61 Å². The number of rotatable bonds is 4. The van der Waals surface area contributed by atoms with E-state index in [1.54, 1.807) is 0 Å². The number of fused-ring (bicyclic) bond motifs is 1. The number of carbonyl (C=O) groups is 1. The van der Waals surface area contributed by atoms with Crippen molar-refractivity contribution in [3.05, 3.63) is 40.7 Å². The van der Waals surface area contributed by atoms with Crippen LogP contribution in [-0.4, -0.2) is 22.5 Å². The maximum Gasteiger partial charge on any atom is 0.417 e. The van der Waals surface area contributed by atoms with Gasteiger partial charge in [-0.15, -0.1) is 0 Å². The van der Waals surface area contributed by atoms with Gasteiger partial charge in [-0.2, -0.15) is 4.98 Å². The Morgan fingerprint density at radius 2 is 2.05 bits per heavy atom. The van der Waals surface area contributed by atoms with Crippen molar-refractivity contribution in [1.29, 1.82) is 0 Å². The Morgan fingerprint density at radius 3 is 2.77 bits per heavy atom. The molecule has 0 N–H and O–H groups in total. The summed E-state index contributed by atoms with van der Waals surface area (Å²) < 4.78 is 10.3. The second-order valence-electron chi connectivity index (χ2n) is 6.68. The van der Waals surface area contributed by atoms with Crippen LogP contribution in [0.5, 0.6) is 6.08 Å². The molecule has 5 nitrogen and oxygen atoms in total. The number of carbonyl (C=O) groups excluding carboxylic acids is 1. The normalized spacial score (nSPS) is 14.0. The van der Waals surface area contributed by atoms with Crippen LogP contribution >= 0.6 is 0 Å². The van der Waals surface area contributed by atoms with Gasteiger partial charge in [-0.25, -0.2) is 0 Å². The van der Waals surface area contributed by atoms with E-state index < -0.39 is 0 Å². The minimum atomic E-state index is -0.213. The SMILES string of the molecule is CC(C)(C)c1noc(OCC(=O)c2ccc3c(c2)CCC3)n1. The van der Waals surface area contributed by atoms with Gasteiger partial charge in [0.05, 0.1) is 0 Å². The van der Waals surface area contributed by atoms with Crippen molar-refractivity contribution in [1.82, 2.24) is 10.1 Å². The first-order chi connectivity index (χ1) is 10.4. The molecule has 5 heteroatoms. The molecule has 1 aliphatic rings. The molecule has 0 unspecified atom stereocenters. The summed E-state index contributed by atoms with van der Waals surface area (Å²) in [7, 11) is 0. The molecule has 1 aliphatic carbocycles. The number of aryl methyl sites for hydroxylation is 2. The number of Topliss-reactive ketones (excluding diaryl/α,β-unsaturated/α-hetero) is 1. The van der Waals surface area contributed by atoms with Crippen molar-refractivity contribution >= 4 is 5.78 Å². The summed E-state index contributed by atoms with van der Waals surface area (Å²) in [5.41, 5.74) is 3.09. The highest BCUT2D eigenvalue weighted by molar-refractivity contribution is 5.97. The smallest absolute Gasteiger partial charge is 0.417 e. The van der Waals surface area contributed by atoms with E-state index in [1.165, 1.54) is 17.5 Å². The molecule has 1 aromatic heterocycles. The van der Waals surface area contributed by atoms with Gasteiger partial charge in [0, 0.05) is 11.0 Å². The molecule has 0 saturated carbocycles. The van der Waals surface area contributed by atoms with E-state index in [9.17, 15) is 4.79 Å². The molecule has 0 spiro atoms. The molecule has 2 aromatic rings. The summed E-state index contributed by atoms with van der Waals surface area (Å²) in [5, 5.41) is 3.86. The number of ether oxygens (including phenoxy) is 1. The predicted molar refractivity (Wildman–Crippen MR) is 81.3 cm³/mol. The van der Waals surface area contributed by atoms with Crippen LogP contribution in [0.3, 0.4) is 0 Å². The van der Waals surface area contributed by atoms with Crippen LogP contribution < -0.4 is 4.74 Å². The maximum absolute atomic E-state index is 12.2. The molecule has 3 rings (SSSR count). The average Bonchev–Trinajstić information content (AvgIpc) is 3.12. The zero-order valence-corrected chi connectivity index (χ0v) is 13.2. The lowest BCUT2D eigenvalue weighted by atomic mass is 9.96. The van der Waals surface area contributed by atoms with E-state index in [4.69, 9.17) is 9.26 Å². The molecular formula is C17H20N2O3. The highest BCUT2D eigenvalue weighted by Gasteiger charge is 2.22. The fourth-order valence-corrected chi connectivity index (χ4v) is 2.53. The van der Waals surface area contributed by atoms with Gasteiger partial charge in [0.1, 0.15) is 0 Å². The molecule has 1 aromatic carbocycles. The number of benzene rings is 1. The van der Waals surface area contributed by atoms with Crippen LogP contribution in [0.25, 0.3) is 0 Å². The topological polar surface area (TPSA) is 65.2 Å². The van der Waals surface area contributed by atoms with E-state index in [0.29, 0.717) is 11.4 Å². The van der Waals surface area contributed by atoms with Crippen molar-refractivity contribution in [2.24, 2.45) is 0 Å². The summed E-state index contributed by atoms with van der Waals surface area (Å²) in [6, 6.07) is 5.88. The Hall–Kier alpha value is -2.17. The first kappa shape index (κ1) is 14.8. The summed E-state index contributed by atoms with van der Waals surface area (Å²) in [6.45, 7) is 5.86. The first-order valence-corrected chi connectivity index (χ1v) is 7.55. The van der Waals surface area contributed by atoms with Gasteiger partial charge in [0.25, 0.3) is 0 Å². The van der Waals surface area contributed by atoms with Crippen molar-refractivity contribution < 1.29 is 14.1 Å². The lowest BCUT2D eigenvalue weighted by molar-refractivity contribution is 0.0884. The van der Waals surface area contributed by atoms with Crippen LogP contribution in [0, 0.1) is 0 Å². The third-order valence-electron chi connectivity index (χ3n) is 3.83. The zero-order chi connectivity index (χ0) is 15.7. The van der Waals surface area contributed by atoms with Gasteiger partial charge in [-0.3, -0.25) is 9.32 Å². The van der Waals surface area contributed by atoms with Crippen LogP contribution in [0.15, 0.2) is 22.7 Å². The molecule has 0 saturated heterocycles. The van der Waals surface area contributed by atoms with Gasteiger partial charge in [0.2, 0.25) is 0 Å². The average molecular weight is 300 g/mol. The largest absolute Gasteiger partial charge is 0.440 e. The number of hydrogen-bond acceptors (Lipinski definition) is 5. The summed E-state index contributed by atoms with van der Waals surface area (Å²) in [6.07, 6.45) is 3.37. The van der Waals surface area contributed by atoms with Crippen LogP contribution in [0.4, 0.5) is 0 Å². The Kier molecular flexibility index (Phi) is 3.72. The number of nitrogens with zero attached hydrogens (tertiary/aromatic N) is 2. The predicted octanol–water partition coefficient (Wildman–Crippen LogP) is 3.12. The highest BCUT2D eigenvalue weighted by Crippen LogP contribution is 2.23. The number of aromatic nitrogens is 2. The molecule has 0 amide bonds. The Balaban J connectivity index is 1.64. The Labute approximate surface area is 129 Å². The lowest BCUT2D eigenvalue weighted by Crippen LogP contribution is -2.14. The highest BCUT2D eigenvalue weighted by atomic mass is 16.6. The third-order valence-corrected chi connectivity index (χ3v) is 3.83. The maximum atomic E-state index is 12.2. The van der Waals surface area contributed by atoms with Crippen molar-refractivity contribution in [3.63, 3.8) is 0 Å². The van der Waals surface area contributed by atoms with Gasteiger partial charge in [-0.1, -0.05) is 38.1 Å². The second-order valence-corrected chi connectivity index (χ2v) is 6.68. The van der Waals surface area contributed by atoms with E-state index >= 15 is 0 Å².